The summed E-state index contributed by atoms with van der Waals surface area (Å²) < 4.78 is 5.40. The van der Waals surface area contributed by atoms with Crippen LogP contribution in [0.3, 0.4) is 0 Å². The summed E-state index contributed by atoms with van der Waals surface area (Å²) in [6, 6.07) is 6.65. The van der Waals surface area contributed by atoms with E-state index in [0.717, 1.165) is 16.3 Å². The number of nitrogens with one attached hydrogen (secondary N) is 1. The van der Waals surface area contributed by atoms with Gasteiger partial charge in [-0.3, -0.25) is 19.3 Å². The lowest BCUT2D eigenvalue weighted by Gasteiger charge is -2.12. The highest BCUT2D eigenvalue weighted by Gasteiger charge is 2.34. The number of aromatic nitrogens is 2. The fraction of sp³-hybridized carbons (Fsp3) is 0.389. The van der Waals surface area contributed by atoms with Crippen LogP contribution in [0.1, 0.15) is 45.5 Å². The molecule has 0 aliphatic carbocycles. The van der Waals surface area contributed by atoms with E-state index < -0.39 is 0 Å². The van der Waals surface area contributed by atoms with Crippen LogP contribution in [0.5, 0.6) is 0 Å². The van der Waals surface area contributed by atoms with Crippen LogP contribution in [0, 0.1) is 0 Å². The molecule has 142 valence electrons. The second kappa shape index (κ2) is 8.83. The molecule has 0 saturated carbocycles. The molecule has 1 aliphatic rings. The number of imide groups is 1. The van der Waals surface area contributed by atoms with Crippen LogP contribution in [-0.4, -0.2) is 52.6 Å². The molecule has 3 rings (SSSR count). The molecule has 0 fully saturated rings. The van der Waals surface area contributed by atoms with E-state index in [9.17, 15) is 14.4 Å². The molecule has 0 atom stereocenters. The number of hydrogen-bond donors (Lipinski definition) is 1. The van der Waals surface area contributed by atoms with E-state index in [2.05, 4.69) is 15.5 Å². The quantitative estimate of drug-likeness (QED) is 0.522. The molecule has 1 aliphatic heterocycles. The number of nitrogens with zero attached hydrogens (tertiary/aromatic N) is 3. The monoisotopic (exact) mass is 388 g/mol. The van der Waals surface area contributed by atoms with Crippen molar-refractivity contribution in [3.63, 3.8) is 0 Å². The predicted octanol–water partition coefficient (Wildman–Crippen LogP) is 2.13. The molecule has 2 aromatic rings. The highest BCUT2D eigenvalue weighted by atomic mass is 32.1. The smallest absolute Gasteiger partial charge is 0.261 e. The molecule has 1 aromatic heterocycles. The second-order valence-corrected chi connectivity index (χ2v) is 7.03. The van der Waals surface area contributed by atoms with Gasteiger partial charge in [0.2, 0.25) is 11.0 Å². The van der Waals surface area contributed by atoms with Gasteiger partial charge >= 0.3 is 0 Å². The van der Waals surface area contributed by atoms with Gasteiger partial charge in [-0.25, -0.2) is 0 Å². The number of amides is 3. The maximum atomic E-state index is 12.3. The van der Waals surface area contributed by atoms with Crippen LogP contribution >= 0.6 is 11.3 Å². The summed E-state index contributed by atoms with van der Waals surface area (Å²) in [5.74, 6) is -1.06. The van der Waals surface area contributed by atoms with Crippen LogP contribution in [0.2, 0.25) is 0 Å². The van der Waals surface area contributed by atoms with E-state index >= 15 is 0 Å². The number of fused-ring (bicyclic) bond motifs is 1. The molecule has 0 spiro atoms. The lowest BCUT2D eigenvalue weighted by Crippen LogP contribution is -2.32. The van der Waals surface area contributed by atoms with Crippen molar-refractivity contribution < 1.29 is 19.1 Å². The van der Waals surface area contributed by atoms with Crippen molar-refractivity contribution in [2.45, 2.75) is 26.2 Å². The zero-order chi connectivity index (χ0) is 19.2. The maximum absolute atomic E-state index is 12.3. The Labute approximate surface area is 160 Å². The van der Waals surface area contributed by atoms with Crippen molar-refractivity contribution in [2.24, 2.45) is 0 Å². The van der Waals surface area contributed by atoms with Crippen LogP contribution < -0.4 is 5.32 Å². The van der Waals surface area contributed by atoms with Crippen LogP contribution in [-0.2, 0) is 16.0 Å². The first kappa shape index (κ1) is 19.1. The van der Waals surface area contributed by atoms with Gasteiger partial charge in [-0.2, -0.15) is 0 Å². The zero-order valence-electron chi connectivity index (χ0n) is 14.9. The van der Waals surface area contributed by atoms with Gasteiger partial charge in [-0.1, -0.05) is 30.4 Å². The number of hydrogen-bond acceptors (Lipinski definition) is 7. The van der Waals surface area contributed by atoms with Gasteiger partial charge in [0.05, 0.1) is 17.7 Å². The highest BCUT2D eigenvalue weighted by molar-refractivity contribution is 7.15. The van der Waals surface area contributed by atoms with Gasteiger partial charge < -0.3 is 10.1 Å². The number of rotatable bonds is 9. The normalized spacial score (nSPS) is 13.1. The van der Waals surface area contributed by atoms with Gasteiger partial charge in [0.15, 0.2) is 0 Å². The van der Waals surface area contributed by atoms with Gasteiger partial charge in [0, 0.05) is 26.0 Å². The summed E-state index contributed by atoms with van der Waals surface area (Å²) in [7, 11) is 0. The Morgan fingerprint density at radius 3 is 2.52 bits per heavy atom. The maximum Gasteiger partial charge on any atom is 0.261 e. The molecule has 9 heteroatoms. The number of carbonyl (C=O) groups is 3. The summed E-state index contributed by atoms with van der Waals surface area (Å²) >= 11 is 1.29. The molecule has 0 saturated heterocycles. The average molecular weight is 388 g/mol. The fourth-order valence-electron chi connectivity index (χ4n) is 2.65. The highest BCUT2D eigenvalue weighted by Crippen LogP contribution is 2.22. The van der Waals surface area contributed by atoms with Crippen molar-refractivity contribution in [2.75, 3.05) is 25.1 Å². The first-order chi connectivity index (χ1) is 13.1. The summed E-state index contributed by atoms with van der Waals surface area (Å²) in [6.45, 7) is 3.34. The van der Waals surface area contributed by atoms with E-state index in [0.29, 0.717) is 35.9 Å². The molecule has 0 unspecified atom stereocenters. The van der Waals surface area contributed by atoms with Gasteiger partial charge in [-0.15, -0.1) is 10.2 Å². The number of benzene rings is 1. The fourth-order valence-corrected chi connectivity index (χ4v) is 3.39. The number of anilines is 1. The first-order valence-electron chi connectivity index (χ1n) is 8.75. The minimum Gasteiger partial charge on any atom is -0.381 e. The Morgan fingerprint density at radius 2 is 1.85 bits per heavy atom. The molecule has 8 nitrogen and oxygen atoms in total. The molecule has 0 bridgehead atoms. The van der Waals surface area contributed by atoms with Crippen molar-refractivity contribution in [1.82, 2.24) is 15.1 Å². The van der Waals surface area contributed by atoms with Crippen molar-refractivity contribution >= 4 is 34.2 Å². The Bertz CT molecular complexity index is 816. The Hall–Kier alpha value is -2.65. The minimum atomic E-state index is -0.367. The molecule has 27 heavy (non-hydrogen) atoms. The number of ether oxygens (including phenoxy) is 1. The third-order valence-electron chi connectivity index (χ3n) is 3.96. The molecular weight excluding hydrogens is 368 g/mol. The van der Waals surface area contributed by atoms with Gasteiger partial charge in [-0.05, 0) is 18.6 Å². The van der Waals surface area contributed by atoms with Crippen LogP contribution in [0.15, 0.2) is 24.3 Å². The standard InChI is InChI=1S/C18H20N4O4S/c1-2-10-26-11-8-15-20-21-18(27-15)19-14(23)7-9-22-16(24)12-5-3-4-6-13(12)17(22)25/h3-6H,2,7-11H2,1H3,(H,19,21,23). The minimum absolute atomic E-state index is 0.00000693. The first-order valence-corrected chi connectivity index (χ1v) is 9.57. The Morgan fingerprint density at radius 1 is 1.15 bits per heavy atom. The molecule has 0 radical (unpaired) electrons. The summed E-state index contributed by atoms with van der Waals surface area (Å²) in [4.78, 5) is 37.8. The van der Waals surface area contributed by atoms with E-state index in [1.54, 1.807) is 24.3 Å². The largest absolute Gasteiger partial charge is 0.381 e. The van der Waals surface area contributed by atoms with E-state index in [1.807, 2.05) is 6.92 Å². The second-order valence-electron chi connectivity index (χ2n) is 5.97. The third-order valence-corrected chi connectivity index (χ3v) is 4.86. The lowest BCUT2D eigenvalue weighted by molar-refractivity contribution is -0.116. The molecule has 1 aromatic carbocycles. The SMILES string of the molecule is CCCOCCc1nnc(NC(=O)CCN2C(=O)c3ccccc3C2=O)s1. The zero-order valence-corrected chi connectivity index (χ0v) is 15.8. The molecular formula is C18H20N4O4S. The van der Waals surface area contributed by atoms with Crippen molar-refractivity contribution in [3.8, 4) is 0 Å². The Kier molecular flexibility index (Phi) is 6.25. The summed E-state index contributed by atoms with van der Waals surface area (Å²) in [5, 5.41) is 11.8. The van der Waals surface area contributed by atoms with E-state index in [4.69, 9.17) is 4.74 Å². The molecule has 1 N–H and O–H groups in total. The van der Waals surface area contributed by atoms with Gasteiger partial charge in [0.1, 0.15) is 5.01 Å². The third kappa shape index (κ3) is 4.55. The van der Waals surface area contributed by atoms with Gasteiger partial charge in [0.25, 0.3) is 11.8 Å². The average Bonchev–Trinajstić information content (AvgIpc) is 3.21. The van der Waals surface area contributed by atoms with Crippen molar-refractivity contribution in [1.29, 1.82) is 0 Å². The van der Waals surface area contributed by atoms with E-state index in [-0.39, 0.29) is 30.7 Å². The summed E-state index contributed by atoms with van der Waals surface area (Å²) in [6.07, 6.45) is 1.60. The molecule has 3 amide bonds. The van der Waals surface area contributed by atoms with Crippen LogP contribution in [0.25, 0.3) is 0 Å². The van der Waals surface area contributed by atoms with Crippen LogP contribution in [0.4, 0.5) is 5.13 Å². The lowest BCUT2D eigenvalue weighted by atomic mass is 10.1. The topological polar surface area (TPSA) is 101 Å². The predicted molar refractivity (Wildman–Crippen MR) is 99.8 cm³/mol. The van der Waals surface area contributed by atoms with Crippen molar-refractivity contribution in [3.05, 3.63) is 40.4 Å². The Balaban J connectivity index is 1.47. The number of carbonyl (C=O) groups excluding carboxylic acids is 3. The molecule has 2 heterocycles. The van der Waals surface area contributed by atoms with E-state index in [1.165, 1.54) is 11.3 Å². The summed E-state index contributed by atoms with van der Waals surface area (Å²) in [5.41, 5.74) is 0.754.